The Morgan fingerprint density at radius 3 is 2.24 bits per heavy atom. The number of nitrogens with zero attached hydrogens (tertiary/aromatic N) is 2. The number of allylic oxidation sites excluding steroid dienone is 2. The average Bonchev–Trinajstić information content (AvgIpc) is 3.39. The van der Waals surface area contributed by atoms with Gasteiger partial charge in [-0.1, -0.05) is 91.5 Å². The van der Waals surface area contributed by atoms with Gasteiger partial charge in [0.2, 0.25) is 0 Å². The third-order valence-electron chi connectivity index (χ3n) is 7.81. The number of carbonyl (C=O) groups is 1. The standard InChI is InChI=1S/C23H23N2S.C13H24O2.Ir/c1-14(2)18-12-26-22-20(24-13-25-21(18)22)16-10-15-8-6-7-9-17(15)19(11-16)23(3,4)5;1-5-10(6-2)12(14)9-13(15)11(7-3)8-4;/h6-9,11-14H,1-5H3;9-11,14H,5-8H2,1-4H3;/q-1;;/b;12-9-;/i14D;;. The van der Waals surface area contributed by atoms with Crippen molar-refractivity contribution in [2.75, 3.05) is 0 Å². The molecule has 0 saturated carbocycles. The zero-order valence-electron chi connectivity index (χ0n) is 27.6. The molecular formula is C36H47IrN2O2S-. The number of hydrogen-bond donors (Lipinski definition) is 1. The Morgan fingerprint density at radius 2 is 1.67 bits per heavy atom. The zero-order valence-corrected chi connectivity index (χ0v) is 29.8. The molecule has 0 bridgehead atoms. The first-order valence-electron chi connectivity index (χ1n) is 15.4. The van der Waals surface area contributed by atoms with Crippen LogP contribution in [0.3, 0.4) is 0 Å². The average molecular weight is 765 g/mol. The maximum absolute atomic E-state index is 11.7. The second-order valence-electron chi connectivity index (χ2n) is 11.9. The fourth-order valence-electron chi connectivity index (χ4n) is 5.16. The van der Waals surface area contributed by atoms with Gasteiger partial charge in [0, 0.05) is 49.8 Å². The van der Waals surface area contributed by atoms with Crippen LogP contribution in [-0.2, 0) is 30.3 Å². The number of carbonyl (C=O) groups excluding carboxylic acids is 1. The minimum atomic E-state index is -0.687. The number of hydrogen-bond acceptors (Lipinski definition) is 5. The van der Waals surface area contributed by atoms with Gasteiger partial charge in [0.25, 0.3) is 0 Å². The van der Waals surface area contributed by atoms with Crippen molar-refractivity contribution in [2.24, 2.45) is 11.8 Å². The maximum Gasteiger partial charge on any atom is 0.162 e. The van der Waals surface area contributed by atoms with Crippen molar-refractivity contribution >= 4 is 38.1 Å². The predicted octanol–water partition coefficient (Wildman–Crippen LogP) is 10.6. The first-order valence-corrected chi connectivity index (χ1v) is 15.8. The van der Waals surface area contributed by atoms with E-state index in [2.05, 4.69) is 67.1 Å². The summed E-state index contributed by atoms with van der Waals surface area (Å²) in [7, 11) is 0. The van der Waals surface area contributed by atoms with Crippen LogP contribution < -0.4 is 0 Å². The Morgan fingerprint density at radius 1 is 1.05 bits per heavy atom. The fourth-order valence-corrected chi connectivity index (χ4v) is 6.29. The molecule has 0 atom stereocenters. The number of thiophene rings is 1. The minimum absolute atomic E-state index is 0. The molecule has 42 heavy (non-hydrogen) atoms. The van der Waals surface area contributed by atoms with Crippen LogP contribution >= 0.6 is 11.3 Å². The molecule has 0 aliphatic carbocycles. The molecule has 2 aromatic heterocycles. The Labute approximate surface area is 271 Å². The Bertz CT molecular complexity index is 1540. The SMILES string of the molecule is CCC(CC)C(=O)/C=C(\O)C(CC)CC.[2H]C(C)(C)c1csc2c(-c3[c-]c4ccccc4c(C(C)(C)C)c3)ncnc12.[Ir]. The fraction of sp³-hybridized carbons (Fsp3) is 0.472. The molecule has 4 aromatic rings. The van der Waals surface area contributed by atoms with Crippen LogP contribution in [0.25, 0.3) is 32.2 Å². The molecule has 0 unspecified atom stereocenters. The van der Waals surface area contributed by atoms with E-state index in [0.29, 0.717) is 0 Å². The topological polar surface area (TPSA) is 63.1 Å². The largest absolute Gasteiger partial charge is 0.512 e. The van der Waals surface area contributed by atoms with Crippen molar-refractivity contribution < 1.29 is 31.4 Å². The van der Waals surface area contributed by atoms with E-state index in [4.69, 9.17) is 1.37 Å². The van der Waals surface area contributed by atoms with Crippen LogP contribution in [0, 0.1) is 17.9 Å². The van der Waals surface area contributed by atoms with E-state index in [1.54, 1.807) is 17.7 Å². The summed E-state index contributed by atoms with van der Waals surface area (Å²) in [5, 5.41) is 14.1. The summed E-state index contributed by atoms with van der Waals surface area (Å²) in [6, 6.07) is 14.2. The number of rotatable bonds is 9. The molecule has 4 nitrogen and oxygen atoms in total. The number of fused-ring (bicyclic) bond motifs is 2. The Hall–Kier alpha value is -2.40. The maximum atomic E-state index is 11.7. The predicted molar refractivity (Wildman–Crippen MR) is 176 cm³/mol. The summed E-state index contributed by atoms with van der Waals surface area (Å²) in [5.41, 5.74) is 5.02. The molecule has 1 N–H and O–H groups in total. The number of ketones is 1. The summed E-state index contributed by atoms with van der Waals surface area (Å²) in [5.74, 6) is -0.140. The molecule has 0 aliphatic heterocycles. The van der Waals surface area contributed by atoms with Gasteiger partial charge < -0.3 is 5.11 Å². The number of benzene rings is 2. The molecule has 2 aromatic carbocycles. The van der Waals surface area contributed by atoms with Crippen LogP contribution in [0.5, 0.6) is 0 Å². The van der Waals surface area contributed by atoms with Crippen molar-refractivity contribution in [3.63, 3.8) is 0 Å². The van der Waals surface area contributed by atoms with Crippen molar-refractivity contribution in [1.29, 1.82) is 0 Å². The van der Waals surface area contributed by atoms with Crippen LogP contribution in [0.4, 0.5) is 0 Å². The van der Waals surface area contributed by atoms with Crippen LogP contribution in [0.15, 0.2) is 53.9 Å². The van der Waals surface area contributed by atoms with Gasteiger partial charge >= 0.3 is 0 Å². The molecule has 229 valence electrons. The monoisotopic (exact) mass is 765 g/mol. The Balaban J connectivity index is 0.000000348. The first-order chi connectivity index (χ1) is 19.8. The van der Waals surface area contributed by atoms with E-state index in [-0.39, 0.29) is 48.9 Å². The third-order valence-corrected chi connectivity index (χ3v) is 8.79. The van der Waals surface area contributed by atoms with Crippen molar-refractivity contribution in [3.05, 3.63) is 71.1 Å². The summed E-state index contributed by atoms with van der Waals surface area (Å²) in [6.07, 6.45) is 6.52. The molecule has 2 heterocycles. The normalized spacial score (nSPS) is 12.7. The van der Waals surface area contributed by atoms with Crippen LogP contribution in [0.2, 0.25) is 0 Å². The molecular weight excluding hydrogens is 717 g/mol. The van der Waals surface area contributed by atoms with Gasteiger partial charge in [-0.2, -0.15) is 0 Å². The Kier molecular flexibility index (Phi) is 12.9. The van der Waals surface area contributed by atoms with Gasteiger partial charge in [-0.25, -0.2) is 4.98 Å². The quantitative estimate of drug-likeness (QED) is 0.105. The number of aliphatic hydroxyl groups is 1. The summed E-state index contributed by atoms with van der Waals surface area (Å²) >= 11 is 1.62. The van der Waals surface area contributed by atoms with Gasteiger partial charge in [0.15, 0.2) is 5.78 Å². The van der Waals surface area contributed by atoms with E-state index in [9.17, 15) is 9.90 Å². The van der Waals surface area contributed by atoms with Gasteiger partial charge in [-0.3, -0.25) is 9.78 Å². The molecule has 0 aliphatic rings. The van der Waals surface area contributed by atoms with Crippen molar-refractivity contribution in [3.8, 4) is 11.3 Å². The van der Waals surface area contributed by atoms with E-state index in [1.807, 2.05) is 46.9 Å². The first kappa shape index (κ1) is 34.1. The number of aromatic nitrogens is 2. The second kappa shape index (κ2) is 15.9. The molecule has 0 spiro atoms. The number of aliphatic hydroxyl groups excluding tert-OH is 1. The summed E-state index contributed by atoms with van der Waals surface area (Å²) < 4.78 is 9.44. The molecule has 0 saturated heterocycles. The second-order valence-corrected chi connectivity index (χ2v) is 12.8. The molecule has 0 amide bonds. The molecule has 1 radical (unpaired) electrons. The van der Waals surface area contributed by atoms with E-state index >= 15 is 0 Å². The van der Waals surface area contributed by atoms with Gasteiger partial charge in [-0.15, -0.1) is 40.5 Å². The minimum Gasteiger partial charge on any atom is -0.512 e. The van der Waals surface area contributed by atoms with Gasteiger partial charge in [0.1, 0.15) is 6.33 Å². The van der Waals surface area contributed by atoms with Crippen molar-refractivity contribution in [1.82, 2.24) is 9.97 Å². The van der Waals surface area contributed by atoms with Gasteiger partial charge in [0.05, 0.1) is 11.3 Å². The summed E-state index contributed by atoms with van der Waals surface area (Å²) in [6.45, 7) is 18.6. The van der Waals surface area contributed by atoms with E-state index in [1.165, 1.54) is 17.0 Å². The molecule has 0 fully saturated rings. The third kappa shape index (κ3) is 8.36. The van der Waals surface area contributed by atoms with E-state index in [0.717, 1.165) is 58.1 Å². The van der Waals surface area contributed by atoms with Crippen molar-refractivity contribution in [2.45, 2.75) is 99.3 Å². The van der Waals surface area contributed by atoms with Crippen LogP contribution in [-0.4, -0.2) is 20.9 Å². The smallest absolute Gasteiger partial charge is 0.162 e. The van der Waals surface area contributed by atoms with E-state index < -0.39 is 5.89 Å². The zero-order chi connectivity index (χ0) is 31.2. The van der Waals surface area contributed by atoms with Gasteiger partial charge in [-0.05, 0) is 47.9 Å². The summed E-state index contributed by atoms with van der Waals surface area (Å²) in [4.78, 5) is 20.8. The van der Waals surface area contributed by atoms with Crippen LogP contribution in [0.1, 0.15) is 106 Å². The molecule has 6 heteroatoms. The molecule has 4 rings (SSSR count).